The Bertz CT molecular complexity index is 727. The fourth-order valence-electron chi connectivity index (χ4n) is 2.67. The summed E-state index contributed by atoms with van der Waals surface area (Å²) in [5.74, 6) is 0.983. The molecule has 2 N–H and O–H groups in total. The van der Waals surface area contributed by atoms with Crippen molar-refractivity contribution in [1.29, 1.82) is 0 Å². The lowest BCUT2D eigenvalue weighted by Gasteiger charge is -2.23. The van der Waals surface area contributed by atoms with Crippen LogP contribution in [0.4, 0.5) is 0 Å². The average molecular weight is 337 g/mol. The van der Waals surface area contributed by atoms with Crippen LogP contribution in [0, 0.1) is 27.7 Å². The average Bonchev–Trinajstić information content (AvgIpc) is 2.75. The Hall–Kier alpha value is -1.85. The molecule has 0 aliphatic rings. The van der Waals surface area contributed by atoms with E-state index in [4.69, 9.17) is 16.0 Å². The van der Waals surface area contributed by atoms with Crippen LogP contribution in [-0.4, -0.2) is 22.5 Å². The summed E-state index contributed by atoms with van der Waals surface area (Å²) >= 11 is 6.08. The zero-order valence-corrected chi connectivity index (χ0v) is 14.7. The molecule has 0 aliphatic carbocycles. The third-order valence-corrected chi connectivity index (χ3v) is 4.02. The highest BCUT2D eigenvalue weighted by Gasteiger charge is 2.29. The molecule has 1 unspecified atom stereocenters. The Kier molecular flexibility index (Phi) is 4.82. The number of carbonyl (C=O) groups is 1. The smallest absolute Gasteiger partial charge is 0.254 e. The van der Waals surface area contributed by atoms with Crippen molar-refractivity contribution in [3.8, 4) is 0 Å². The Morgan fingerprint density at radius 2 is 2.00 bits per heavy atom. The summed E-state index contributed by atoms with van der Waals surface area (Å²) in [4.78, 5) is 16.5. The van der Waals surface area contributed by atoms with Gasteiger partial charge in [-0.25, -0.2) is 4.98 Å². The van der Waals surface area contributed by atoms with Gasteiger partial charge in [-0.15, -0.1) is 0 Å². The van der Waals surface area contributed by atoms with E-state index in [2.05, 4.69) is 10.3 Å². The maximum atomic E-state index is 12.4. The fraction of sp³-hybridized carbons (Fsp3) is 0.412. The van der Waals surface area contributed by atoms with Gasteiger partial charge in [0.15, 0.2) is 0 Å². The van der Waals surface area contributed by atoms with Crippen LogP contribution in [0.5, 0.6) is 0 Å². The molecule has 0 radical (unpaired) electrons. The molecule has 2 heterocycles. The second kappa shape index (κ2) is 6.34. The molecule has 0 fully saturated rings. The lowest BCUT2D eigenvalue weighted by atomic mass is 9.96. The third kappa shape index (κ3) is 3.74. The van der Waals surface area contributed by atoms with Gasteiger partial charge in [-0.3, -0.25) is 4.79 Å². The van der Waals surface area contributed by atoms with Gasteiger partial charge < -0.3 is 14.8 Å². The van der Waals surface area contributed by atoms with Gasteiger partial charge in [0.1, 0.15) is 22.3 Å². The Balaban J connectivity index is 2.17. The molecule has 124 valence electrons. The first kappa shape index (κ1) is 17.5. The van der Waals surface area contributed by atoms with Crippen LogP contribution in [0.2, 0.25) is 5.15 Å². The molecule has 0 aliphatic heterocycles. The maximum Gasteiger partial charge on any atom is 0.254 e. The molecule has 0 saturated heterocycles. The summed E-state index contributed by atoms with van der Waals surface area (Å²) < 4.78 is 5.44. The molecule has 0 saturated carbocycles. The van der Waals surface area contributed by atoms with E-state index in [1.165, 1.54) is 0 Å². The molecule has 0 bridgehead atoms. The van der Waals surface area contributed by atoms with Crippen molar-refractivity contribution >= 4 is 17.5 Å². The highest BCUT2D eigenvalue weighted by Crippen LogP contribution is 2.27. The SMILES string of the molecule is Cc1cc(C)c(C(=O)NCC(C)(O)c2cc(C)oc2C)c(Cl)n1. The van der Waals surface area contributed by atoms with E-state index in [-0.39, 0.29) is 17.6 Å². The van der Waals surface area contributed by atoms with Crippen LogP contribution in [0.3, 0.4) is 0 Å². The number of aromatic nitrogens is 1. The molecule has 2 aromatic heterocycles. The van der Waals surface area contributed by atoms with Crippen molar-refractivity contribution in [2.24, 2.45) is 0 Å². The summed E-state index contributed by atoms with van der Waals surface area (Å²) in [6, 6.07) is 3.57. The molecule has 5 nitrogen and oxygen atoms in total. The maximum absolute atomic E-state index is 12.4. The predicted molar refractivity (Wildman–Crippen MR) is 88.8 cm³/mol. The second-order valence-corrected chi connectivity index (χ2v) is 6.39. The number of amides is 1. The van der Waals surface area contributed by atoms with Crippen LogP contribution in [0.25, 0.3) is 0 Å². The number of hydrogen-bond acceptors (Lipinski definition) is 4. The van der Waals surface area contributed by atoms with Crippen LogP contribution in [0.1, 0.15) is 45.6 Å². The van der Waals surface area contributed by atoms with Crippen molar-refractivity contribution < 1.29 is 14.3 Å². The van der Waals surface area contributed by atoms with Gasteiger partial charge in [-0.05, 0) is 52.3 Å². The Labute approximate surface area is 140 Å². The van der Waals surface area contributed by atoms with Gasteiger partial charge in [-0.1, -0.05) is 11.6 Å². The van der Waals surface area contributed by atoms with Gasteiger partial charge in [-0.2, -0.15) is 0 Å². The standard InChI is InChI=1S/C17H21ClN2O3/c1-9-6-10(2)20-15(18)14(9)16(21)19-8-17(5,22)13-7-11(3)23-12(13)4/h6-7,22H,8H2,1-5H3,(H,19,21). The Morgan fingerprint density at radius 1 is 1.35 bits per heavy atom. The zero-order valence-electron chi connectivity index (χ0n) is 14.0. The summed E-state index contributed by atoms with van der Waals surface area (Å²) in [6.45, 7) is 8.88. The van der Waals surface area contributed by atoms with Crippen LogP contribution < -0.4 is 5.32 Å². The van der Waals surface area contributed by atoms with Crippen molar-refractivity contribution in [1.82, 2.24) is 10.3 Å². The molecular formula is C17H21ClN2O3. The normalized spacial score (nSPS) is 13.7. The topological polar surface area (TPSA) is 75.4 Å². The van der Waals surface area contributed by atoms with Crippen molar-refractivity contribution in [2.75, 3.05) is 6.54 Å². The number of pyridine rings is 1. The summed E-state index contributed by atoms with van der Waals surface area (Å²) in [6.07, 6.45) is 0. The minimum atomic E-state index is -1.24. The predicted octanol–water partition coefficient (Wildman–Crippen LogP) is 3.20. The van der Waals surface area contributed by atoms with E-state index < -0.39 is 5.60 Å². The minimum absolute atomic E-state index is 0.0370. The van der Waals surface area contributed by atoms with Gasteiger partial charge in [0.25, 0.3) is 5.91 Å². The first-order valence-electron chi connectivity index (χ1n) is 7.33. The Morgan fingerprint density at radius 3 is 2.52 bits per heavy atom. The second-order valence-electron chi connectivity index (χ2n) is 6.03. The monoisotopic (exact) mass is 336 g/mol. The highest BCUT2D eigenvalue weighted by molar-refractivity contribution is 6.32. The summed E-state index contributed by atoms with van der Waals surface area (Å²) in [5, 5.41) is 13.5. The number of nitrogens with one attached hydrogen (secondary N) is 1. The first-order valence-corrected chi connectivity index (χ1v) is 7.71. The molecule has 6 heteroatoms. The van der Waals surface area contributed by atoms with Crippen LogP contribution in [-0.2, 0) is 5.60 Å². The van der Waals surface area contributed by atoms with Gasteiger partial charge in [0.2, 0.25) is 0 Å². The first-order chi connectivity index (χ1) is 10.6. The van der Waals surface area contributed by atoms with E-state index >= 15 is 0 Å². The number of aliphatic hydroxyl groups is 1. The third-order valence-electron chi connectivity index (χ3n) is 3.74. The van der Waals surface area contributed by atoms with E-state index in [1.54, 1.807) is 32.9 Å². The molecule has 2 rings (SSSR count). The zero-order chi connectivity index (χ0) is 17.4. The van der Waals surface area contributed by atoms with Gasteiger partial charge >= 0.3 is 0 Å². The molecule has 0 aromatic carbocycles. The lowest BCUT2D eigenvalue weighted by molar-refractivity contribution is 0.0513. The van der Waals surface area contributed by atoms with E-state index in [1.807, 2.05) is 13.8 Å². The number of nitrogens with zero attached hydrogens (tertiary/aromatic N) is 1. The van der Waals surface area contributed by atoms with Crippen LogP contribution in [0.15, 0.2) is 16.5 Å². The summed E-state index contributed by atoms with van der Waals surface area (Å²) in [7, 11) is 0. The van der Waals surface area contributed by atoms with E-state index in [0.717, 1.165) is 11.3 Å². The van der Waals surface area contributed by atoms with Gasteiger partial charge in [0, 0.05) is 11.3 Å². The number of rotatable bonds is 4. The molecular weight excluding hydrogens is 316 g/mol. The van der Waals surface area contributed by atoms with Crippen LogP contribution >= 0.6 is 11.6 Å². The number of aryl methyl sites for hydroxylation is 4. The van der Waals surface area contributed by atoms with E-state index in [9.17, 15) is 9.90 Å². The number of hydrogen-bond donors (Lipinski definition) is 2. The molecule has 23 heavy (non-hydrogen) atoms. The minimum Gasteiger partial charge on any atom is -0.466 e. The fourth-order valence-corrected chi connectivity index (χ4v) is 3.03. The molecule has 1 atom stereocenters. The van der Waals surface area contributed by atoms with Crippen molar-refractivity contribution in [3.05, 3.63) is 51.2 Å². The molecule has 1 amide bonds. The van der Waals surface area contributed by atoms with E-state index in [0.29, 0.717) is 22.6 Å². The highest BCUT2D eigenvalue weighted by atomic mass is 35.5. The quantitative estimate of drug-likeness (QED) is 0.841. The van der Waals surface area contributed by atoms with Crippen molar-refractivity contribution in [3.63, 3.8) is 0 Å². The van der Waals surface area contributed by atoms with Crippen molar-refractivity contribution in [2.45, 2.75) is 40.2 Å². The number of carbonyl (C=O) groups excluding carboxylic acids is 1. The number of furan rings is 1. The summed E-state index contributed by atoms with van der Waals surface area (Å²) in [5.41, 5.74) is 1.24. The number of halogens is 1. The molecule has 2 aromatic rings. The molecule has 0 spiro atoms. The largest absolute Gasteiger partial charge is 0.466 e. The van der Waals surface area contributed by atoms with Gasteiger partial charge in [0.05, 0.1) is 12.1 Å². The lowest BCUT2D eigenvalue weighted by Crippen LogP contribution is -2.39.